The summed E-state index contributed by atoms with van der Waals surface area (Å²) in [5.74, 6) is -0.0460. The van der Waals surface area contributed by atoms with Gasteiger partial charge in [0, 0.05) is 24.7 Å². The van der Waals surface area contributed by atoms with Crippen LogP contribution in [-0.2, 0) is 16.1 Å². The molecule has 150 valence electrons. The third-order valence-corrected chi connectivity index (χ3v) is 5.58. The lowest BCUT2D eigenvalue weighted by atomic mass is 10.2. The summed E-state index contributed by atoms with van der Waals surface area (Å²) in [5.41, 5.74) is 2.04. The van der Waals surface area contributed by atoms with Gasteiger partial charge >= 0.3 is 0 Å². The van der Waals surface area contributed by atoms with Crippen LogP contribution in [0, 0.1) is 6.92 Å². The number of benzene rings is 1. The van der Waals surface area contributed by atoms with Crippen molar-refractivity contribution in [3.8, 4) is 0 Å². The second-order valence-electron chi connectivity index (χ2n) is 6.88. The lowest BCUT2D eigenvalue weighted by molar-refractivity contribution is -0.113. The number of aryl methyl sites for hydroxylation is 1. The van der Waals surface area contributed by atoms with Gasteiger partial charge in [0.15, 0.2) is 16.3 Å². The third kappa shape index (κ3) is 4.63. The minimum absolute atomic E-state index is 0.0379. The van der Waals surface area contributed by atoms with Crippen molar-refractivity contribution in [1.82, 2.24) is 19.5 Å². The van der Waals surface area contributed by atoms with Crippen LogP contribution in [0.1, 0.15) is 18.4 Å². The second-order valence-corrected chi connectivity index (χ2v) is 7.82. The van der Waals surface area contributed by atoms with Crippen LogP contribution in [0.15, 0.2) is 46.6 Å². The molecular formula is C20H21N5O3S. The molecule has 8 nitrogen and oxygen atoms in total. The number of carbonyl (C=O) groups is 1. The highest BCUT2D eigenvalue weighted by molar-refractivity contribution is 7.99. The van der Waals surface area contributed by atoms with Gasteiger partial charge in [-0.25, -0.2) is 15.0 Å². The highest BCUT2D eigenvalue weighted by Gasteiger charge is 2.21. The van der Waals surface area contributed by atoms with Crippen LogP contribution < -0.4 is 10.9 Å². The van der Waals surface area contributed by atoms with E-state index in [2.05, 4.69) is 20.3 Å². The standard InChI is InChI=1S/C20H21N5O3S/c1-13-4-2-5-14(10-13)23-16(26)12-29-20-24-18-17(21-7-8-22-18)19(27)25(20)11-15-6-3-9-28-15/h2,4-5,7-8,10,15H,3,6,9,11-12H2,1H3,(H,23,26)/t15-/m1/s1. The van der Waals surface area contributed by atoms with Crippen molar-refractivity contribution in [2.75, 3.05) is 17.7 Å². The van der Waals surface area contributed by atoms with Gasteiger partial charge in [-0.05, 0) is 37.5 Å². The average molecular weight is 411 g/mol. The van der Waals surface area contributed by atoms with Crippen LogP contribution in [0.25, 0.3) is 11.2 Å². The molecule has 0 spiro atoms. The Labute approximate surface area is 171 Å². The van der Waals surface area contributed by atoms with Gasteiger partial charge in [-0.3, -0.25) is 14.2 Å². The zero-order valence-electron chi connectivity index (χ0n) is 16.0. The number of thioether (sulfide) groups is 1. The minimum Gasteiger partial charge on any atom is -0.376 e. The molecule has 9 heteroatoms. The molecule has 0 radical (unpaired) electrons. The van der Waals surface area contributed by atoms with E-state index < -0.39 is 0 Å². The summed E-state index contributed by atoms with van der Waals surface area (Å²) in [6, 6.07) is 7.60. The van der Waals surface area contributed by atoms with Gasteiger partial charge in [-0.1, -0.05) is 23.9 Å². The van der Waals surface area contributed by atoms with Crippen LogP contribution in [-0.4, -0.2) is 43.9 Å². The minimum atomic E-state index is -0.264. The second kappa shape index (κ2) is 8.71. The maximum atomic E-state index is 13.0. The number of carbonyl (C=O) groups excluding carboxylic acids is 1. The summed E-state index contributed by atoms with van der Waals surface area (Å²) in [7, 11) is 0. The number of amides is 1. The first-order valence-electron chi connectivity index (χ1n) is 9.42. The number of rotatable bonds is 6. The third-order valence-electron chi connectivity index (χ3n) is 4.60. The smallest absolute Gasteiger partial charge is 0.282 e. The van der Waals surface area contributed by atoms with E-state index in [-0.39, 0.29) is 34.5 Å². The maximum absolute atomic E-state index is 13.0. The highest BCUT2D eigenvalue weighted by Crippen LogP contribution is 2.20. The van der Waals surface area contributed by atoms with Crippen molar-refractivity contribution in [2.45, 2.75) is 37.6 Å². The van der Waals surface area contributed by atoms with Crippen molar-refractivity contribution >= 4 is 34.5 Å². The summed E-state index contributed by atoms with van der Waals surface area (Å²) in [6.07, 6.45) is 4.80. The fourth-order valence-corrected chi connectivity index (χ4v) is 4.04. The van der Waals surface area contributed by atoms with Crippen molar-refractivity contribution in [2.24, 2.45) is 0 Å². The molecular weight excluding hydrogens is 390 g/mol. The van der Waals surface area contributed by atoms with Gasteiger partial charge in [0.25, 0.3) is 5.56 Å². The topological polar surface area (TPSA) is 99.0 Å². The number of hydrogen-bond donors (Lipinski definition) is 1. The van der Waals surface area contributed by atoms with E-state index in [1.54, 1.807) is 4.57 Å². The highest BCUT2D eigenvalue weighted by atomic mass is 32.2. The molecule has 0 bridgehead atoms. The molecule has 1 aliphatic heterocycles. The molecule has 1 saturated heterocycles. The summed E-state index contributed by atoms with van der Waals surface area (Å²) in [5, 5.41) is 3.31. The Morgan fingerprint density at radius 1 is 1.34 bits per heavy atom. The number of ether oxygens (including phenoxy) is 1. The number of aromatic nitrogens is 4. The van der Waals surface area contributed by atoms with Gasteiger partial charge in [-0.15, -0.1) is 0 Å². The number of nitrogens with zero attached hydrogens (tertiary/aromatic N) is 4. The number of fused-ring (bicyclic) bond motifs is 1. The average Bonchev–Trinajstić information content (AvgIpc) is 3.22. The van der Waals surface area contributed by atoms with Gasteiger partial charge in [-0.2, -0.15) is 0 Å². The molecule has 3 aromatic rings. The van der Waals surface area contributed by atoms with E-state index in [0.29, 0.717) is 18.3 Å². The molecule has 1 aliphatic rings. The Hall–Kier alpha value is -2.78. The van der Waals surface area contributed by atoms with Gasteiger partial charge < -0.3 is 10.1 Å². The van der Waals surface area contributed by atoms with Gasteiger partial charge in [0.2, 0.25) is 5.91 Å². The van der Waals surface area contributed by atoms with Crippen molar-refractivity contribution in [3.63, 3.8) is 0 Å². The lowest BCUT2D eigenvalue weighted by Gasteiger charge is -2.15. The van der Waals surface area contributed by atoms with Crippen molar-refractivity contribution < 1.29 is 9.53 Å². The fraction of sp³-hybridized carbons (Fsp3) is 0.350. The first-order valence-corrected chi connectivity index (χ1v) is 10.4. The predicted octanol–water partition coefficient (Wildman–Crippen LogP) is 2.40. The van der Waals surface area contributed by atoms with E-state index in [4.69, 9.17) is 4.74 Å². The largest absolute Gasteiger partial charge is 0.376 e. The Morgan fingerprint density at radius 2 is 2.21 bits per heavy atom. The van der Waals surface area contributed by atoms with Crippen LogP contribution >= 0.6 is 11.8 Å². The molecule has 1 fully saturated rings. The number of hydrogen-bond acceptors (Lipinski definition) is 7. The fourth-order valence-electron chi connectivity index (χ4n) is 3.24. The number of nitrogens with one attached hydrogen (secondary N) is 1. The monoisotopic (exact) mass is 411 g/mol. The molecule has 0 saturated carbocycles. The molecule has 1 aromatic carbocycles. The Kier molecular flexibility index (Phi) is 5.86. The molecule has 3 heterocycles. The zero-order valence-corrected chi connectivity index (χ0v) is 16.8. The quantitative estimate of drug-likeness (QED) is 0.491. The molecule has 1 atom stereocenters. The summed E-state index contributed by atoms with van der Waals surface area (Å²) in [6.45, 7) is 3.05. The van der Waals surface area contributed by atoms with Crippen LogP contribution in [0.4, 0.5) is 5.69 Å². The summed E-state index contributed by atoms with van der Waals surface area (Å²) >= 11 is 1.21. The lowest BCUT2D eigenvalue weighted by Crippen LogP contribution is -2.30. The first-order chi connectivity index (χ1) is 14.1. The molecule has 0 unspecified atom stereocenters. The van der Waals surface area contributed by atoms with E-state index in [9.17, 15) is 9.59 Å². The maximum Gasteiger partial charge on any atom is 0.282 e. The number of anilines is 1. The van der Waals surface area contributed by atoms with E-state index in [1.807, 2.05) is 31.2 Å². The molecule has 1 N–H and O–H groups in total. The SMILES string of the molecule is Cc1cccc(NC(=O)CSc2nc3nccnc3c(=O)n2C[C@H]2CCCO2)c1. The summed E-state index contributed by atoms with van der Waals surface area (Å²) in [4.78, 5) is 38.1. The van der Waals surface area contributed by atoms with Crippen molar-refractivity contribution in [3.05, 3.63) is 52.6 Å². The predicted molar refractivity (Wildman–Crippen MR) is 111 cm³/mol. The first kappa shape index (κ1) is 19.5. The molecule has 0 aliphatic carbocycles. The Balaban J connectivity index is 1.56. The van der Waals surface area contributed by atoms with E-state index in [1.165, 1.54) is 24.2 Å². The van der Waals surface area contributed by atoms with Crippen molar-refractivity contribution in [1.29, 1.82) is 0 Å². The van der Waals surface area contributed by atoms with Gasteiger partial charge in [0.1, 0.15) is 0 Å². The molecule has 1 amide bonds. The summed E-state index contributed by atoms with van der Waals surface area (Å²) < 4.78 is 7.24. The molecule has 2 aromatic heterocycles. The van der Waals surface area contributed by atoms with Gasteiger partial charge in [0.05, 0.1) is 18.4 Å². The molecule has 4 rings (SSSR count). The molecule has 29 heavy (non-hydrogen) atoms. The Bertz CT molecular complexity index is 1090. The van der Waals surface area contributed by atoms with E-state index >= 15 is 0 Å². The Morgan fingerprint density at radius 3 is 3.00 bits per heavy atom. The van der Waals surface area contributed by atoms with Crippen LogP contribution in [0.2, 0.25) is 0 Å². The van der Waals surface area contributed by atoms with E-state index in [0.717, 1.165) is 24.1 Å². The normalized spacial score (nSPS) is 16.2. The van der Waals surface area contributed by atoms with Crippen LogP contribution in [0.3, 0.4) is 0 Å². The zero-order chi connectivity index (χ0) is 20.2. The van der Waals surface area contributed by atoms with Crippen LogP contribution in [0.5, 0.6) is 0 Å².